The van der Waals surface area contributed by atoms with Crippen molar-refractivity contribution >= 4 is 37.5 Å². The summed E-state index contributed by atoms with van der Waals surface area (Å²) in [6.45, 7) is 0. The summed E-state index contributed by atoms with van der Waals surface area (Å²) in [5.41, 5.74) is 6.17. The molecule has 0 fully saturated rings. The van der Waals surface area contributed by atoms with Gasteiger partial charge < -0.3 is 5.73 Å². The smallest absolute Gasteiger partial charge is 0.167 e. The van der Waals surface area contributed by atoms with E-state index in [1.807, 2.05) is 6.07 Å². The predicted molar refractivity (Wildman–Crippen MR) is 61.2 cm³/mol. The molecular formula is C8H6Br2N4. The van der Waals surface area contributed by atoms with Gasteiger partial charge in [0, 0.05) is 10.7 Å². The molecule has 0 aliphatic heterocycles. The van der Waals surface area contributed by atoms with Gasteiger partial charge in [-0.2, -0.15) is 5.10 Å². The lowest BCUT2D eigenvalue weighted by atomic mass is 10.5. The van der Waals surface area contributed by atoms with Crippen LogP contribution in [0.1, 0.15) is 0 Å². The largest absolute Gasteiger partial charge is 0.396 e. The van der Waals surface area contributed by atoms with E-state index in [1.165, 1.54) is 0 Å². The second-order valence-electron chi connectivity index (χ2n) is 2.68. The minimum absolute atomic E-state index is 0.613. The molecule has 0 aromatic carbocycles. The predicted octanol–water partition coefficient (Wildman–Crippen LogP) is 2.37. The number of aromatic nitrogens is 3. The second kappa shape index (κ2) is 3.70. The Kier molecular flexibility index (Phi) is 2.56. The number of pyridine rings is 1. The molecule has 0 amide bonds. The Morgan fingerprint density at radius 2 is 2.07 bits per heavy atom. The van der Waals surface area contributed by atoms with Crippen molar-refractivity contribution in [3.05, 3.63) is 33.6 Å². The lowest BCUT2D eigenvalue weighted by Crippen LogP contribution is -1.98. The summed E-state index contributed by atoms with van der Waals surface area (Å²) in [5.74, 6) is 0.713. The maximum absolute atomic E-state index is 5.56. The number of halogens is 2. The molecule has 2 aromatic rings. The molecule has 0 aliphatic carbocycles. The molecule has 0 saturated carbocycles. The lowest BCUT2D eigenvalue weighted by molar-refractivity contribution is 0.841. The number of nitrogen functional groups attached to an aromatic ring is 1. The van der Waals surface area contributed by atoms with Crippen LogP contribution >= 0.6 is 31.9 Å². The summed E-state index contributed by atoms with van der Waals surface area (Å²) in [6.07, 6.45) is 5.00. The summed E-state index contributed by atoms with van der Waals surface area (Å²) in [6, 6.07) is 1.90. The number of rotatable bonds is 1. The van der Waals surface area contributed by atoms with Crippen LogP contribution in [0.4, 0.5) is 5.69 Å². The fraction of sp³-hybridized carbons (Fsp3) is 0. The van der Waals surface area contributed by atoms with E-state index >= 15 is 0 Å². The first kappa shape index (κ1) is 9.67. The van der Waals surface area contributed by atoms with Crippen LogP contribution in [-0.2, 0) is 0 Å². The van der Waals surface area contributed by atoms with Crippen molar-refractivity contribution in [2.75, 3.05) is 5.73 Å². The Morgan fingerprint density at radius 1 is 1.29 bits per heavy atom. The van der Waals surface area contributed by atoms with Gasteiger partial charge in [0.25, 0.3) is 0 Å². The van der Waals surface area contributed by atoms with Crippen molar-refractivity contribution in [1.82, 2.24) is 14.8 Å². The van der Waals surface area contributed by atoms with Crippen molar-refractivity contribution in [3.8, 4) is 5.82 Å². The molecule has 4 nitrogen and oxygen atoms in total. The lowest BCUT2D eigenvalue weighted by Gasteiger charge is -2.02. The van der Waals surface area contributed by atoms with Gasteiger partial charge in [-0.3, -0.25) is 0 Å². The average Bonchev–Trinajstić information content (AvgIpc) is 2.51. The van der Waals surface area contributed by atoms with Crippen molar-refractivity contribution < 1.29 is 0 Å². The van der Waals surface area contributed by atoms with E-state index in [4.69, 9.17) is 5.73 Å². The van der Waals surface area contributed by atoms with E-state index in [2.05, 4.69) is 41.9 Å². The molecule has 0 spiro atoms. The Hall–Kier alpha value is -0.880. The van der Waals surface area contributed by atoms with E-state index in [-0.39, 0.29) is 0 Å². The maximum atomic E-state index is 5.56. The Balaban J connectivity index is 2.52. The molecule has 72 valence electrons. The van der Waals surface area contributed by atoms with Gasteiger partial charge >= 0.3 is 0 Å². The molecule has 0 radical (unpaired) electrons. The molecule has 0 unspecified atom stereocenters. The van der Waals surface area contributed by atoms with Crippen molar-refractivity contribution in [2.24, 2.45) is 0 Å². The highest BCUT2D eigenvalue weighted by molar-refractivity contribution is 9.11. The summed E-state index contributed by atoms with van der Waals surface area (Å²) < 4.78 is 3.38. The Morgan fingerprint density at radius 3 is 2.64 bits per heavy atom. The van der Waals surface area contributed by atoms with E-state index < -0.39 is 0 Å². The first-order chi connectivity index (χ1) is 6.66. The Bertz CT molecular complexity index is 466. The van der Waals surface area contributed by atoms with E-state index in [9.17, 15) is 0 Å². The summed E-state index contributed by atoms with van der Waals surface area (Å²) >= 11 is 6.73. The van der Waals surface area contributed by atoms with Crippen LogP contribution in [0.5, 0.6) is 0 Å². The van der Waals surface area contributed by atoms with E-state index in [0.29, 0.717) is 11.5 Å². The van der Waals surface area contributed by atoms with Gasteiger partial charge in [-0.25, -0.2) is 9.67 Å². The SMILES string of the molecule is Nc1cnn(-c2ncc(Br)cc2Br)c1. The monoisotopic (exact) mass is 316 g/mol. The number of hydrogen-bond donors (Lipinski definition) is 1. The molecule has 2 heterocycles. The van der Waals surface area contributed by atoms with Gasteiger partial charge in [0.05, 0.1) is 22.6 Å². The molecular weight excluding hydrogens is 312 g/mol. The van der Waals surface area contributed by atoms with Crippen molar-refractivity contribution in [2.45, 2.75) is 0 Å². The zero-order chi connectivity index (χ0) is 10.1. The van der Waals surface area contributed by atoms with Crippen LogP contribution in [0, 0.1) is 0 Å². The van der Waals surface area contributed by atoms with Crippen LogP contribution in [0.15, 0.2) is 33.6 Å². The highest BCUT2D eigenvalue weighted by Crippen LogP contribution is 2.22. The minimum Gasteiger partial charge on any atom is -0.396 e. The number of anilines is 1. The molecule has 0 aliphatic rings. The minimum atomic E-state index is 0.613. The number of hydrogen-bond acceptors (Lipinski definition) is 3. The fourth-order valence-electron chi connectivity index (χ4n) is 1.03. The number of nitrogens with two attached hydrogens (primary N) is 1. The standard InChI is InChI=1S/C8H6Br2N4/c9-5-1-7(10)8(12-2-5)14-4-6(11)3-13-14/h1-4H,11H2. The third-order valence-corrected chi connectivity index (χ3v) is 2.63. The van der Waals surface area contributed by atoms with E-state index in [0.717, 1.165) is 8.95 Å². The molecule has 2 rings (SSSR count). The van der Waals surface area contributed by atoms with Gasteiger partial charge in [-0.1, -0.05) is 0 Å². The molecule has 14 heavy (non-hydrogen) atoms. The number of nitrogens with zero attached hydrogens (tertiary/aromatic N) is 3. The summed E-state index contributed by atoms with van der Waals surface area (Å²) in [7, 11) is 0. The highest BCUT2D eigenvalue weighted by atomic mass is 79.9. The van der Waals surface area contributed by atoms with Gasteiger partial charge in [-0.05, 0) is 37.9 Å². The molecule has 0 bridgehead atoms. The van der Waals surface area contributed by atoms with Crippen molar-refractivity contribution in [1.29, 1.82) is 0 Å². The highest BCUT2D eigenvalue weighted by Gasteiger charge is 2.05. The fourth-order valence-corrected chi connectivity index (χ4v) is 2.20. The van der Waals surface area contributed by atoms with Crippen LogP contribution in [0.3, 0.4) is 0 Å². The van der Waals surface area contributed by atoms with Gasteiger partial charge in [-0.15, -0.1) is 0 Å². The Labute approximate surface area is 97.4 Å². The maximum Gasteiger partial charge on any atom is 0.167 e. The van der Waals surface area contributed by atoms with Crippen LogP contribution in [0.2, 0.25) is 0 Å². The second-order valence-corrected chi connectivity index (χ2v) is 4.45. The van der Waals surface area contributed by atoms with Gasteiger partial charge in [0.2, 0.25) is 0 Å². The normalized spacial score (nSPS) is 10.4. The zero-order valence-electron chi connectivity index (χ0n) is 6.98. The van der Waals surface area contributed by atoms with Crippen molar-refractivity contribution in [3.63, 3.8) is 0 Å². The average molecular weight is 318 g/mol. The van der Waals surface area contributed by atoms with Crippen LogP contribution < -0.4 is 5.73 Å². The van der Waals surface area contributed by atoms with E-state index in [1.54, 1.807) is 23.3 Å². The molecule has 2 aromatic heterocycles. The first-order valence-corrected chi connectivity index (χ1v) is 5.37. The van der Waals surface area contributed by atoms with Crippen LogP contribution in [0.25, 0.3) is 5.82 Å². The molecule has 2 N–H and O–H groups in total. The quantitative estimate of drug-likeness (QED) is 0.878. The zero-order valence-corrected chi connectivity index (χ0v) is 10.2. The third kappa shape index (κ3) is 1.80. The third-order valence-electron chi connectivity index (χ3n) is 1.61. The molecule has 0 saturated heterocycles. The first-order valence-electron chi connectivity index (χ1n) is 3.78. The van der Waals surface area contributed by atoms with Crippen LogP contribution in [-0.4, -0.2) is 14.8 Å². The summed E-state index contributed by atoms with van der Waals surface area (Å²) in [5, 5.41) is 4.06. The summed E-state index contributed by atoms with van der Waals surface area (Å²) in [4.78, 5) is 4.21. The van der Waals surface area contributed by atoms with Gasteiger partial charge in [0.15, 0.2) is 5.82 Å². The molecule has 0 atom stereocenters. The topological polar surface area (TPSA) is 56.7 Å². The van der Waals surface area contributed by atoms with Gasteiger partial charge in [0.1, 0.15) is 0 Å². The molecule has 6 heteroatoms.